The van der Waals surface area contributed by atoms with Crippen LogP contribution in [0.3, 0.4) is 0 Å². The van der Waals surface area contributed by atoms with Gasteiger partial charge in [-0.2, -0.15) is 5.26 Å². The van der Waals surface area contributed by atoms with Gasteiger partial charge < -0.3 is 14.4 Å². The molecule has 0 N–H and O–H groups in total. The van der Waals surface area contributed by atoms with Crippen molar-refractivity contribution in [2.45, 2.75) is 25.5 Å². The van der Waals surface area contributed by atoms with Gasteiger partial charge in [0.15, 0.2) is 17.7 Å². The number of aromatic nitrogens is 2. The number of hydrogen-bond acceptors (Lipinski definition) is 6. The van der Waals surface area contributed by atoms with Gasteiger partial charge in [0.1, 0.15) is 6.10 Å². The molecule has 1 saturated heterocycles. The molecule has 148 valence electrons. The predicted molar refractivity (Wildman–Crippen MR) is 109 cm³/mol. The number of nitriles is 1. The molecule has 0 unspecified atom stereocenters. The normalized spacial score (nSPS) is 14.6. The van der Waals surface area contributed by atoms with Gasteiger partial charge in [0.05, 0.1) is 30.9 Å². The number of benzene rings is 2. The quantitative estimate of drug-likeness (QED) is 0.623. The zero-order chi connectivity index (χ0) is 20.2. The van der Waals surface area contributed by atoms with Crippen LogP contribution in [-0.4, -0.2) is 40.8 Å². The highest BCUT2D eigenvalue weighted by Gasteiger charge is 2.22. The molecule has 7 heteroatoms. The highest BCUT2D eigenvalue weighted by molar-refractivity contribution is 5.81. The van der Waals surface area contributed by atoms with Crippen LogP contribution < -0.4 is 15.0 Å². The van der Waals surface area contributed by atoms with Crippen molar-refractivity contribution in [2.24, 2.45) is 0 Å². The second-order valence-electron chi connectivity index (χ2n) is 7.09. The Kier molecular flexibility index (Phi) is 5.34. The van der Waals surface area contributed by atoms with Crippen molar-refractivity contribution in [3.8, 4) is 17.7 Å². The van der Waals surface area contributed by atoms with Gasteiger partial charge >= 0.3 is 0 Å². The zero-order valence-electron chi connectivity index (χ0n) is 16.2. The van der Waals surface area contributed by atoms with Gasteiger partial charge in [0.2, 0.25) is 0 Å². The minimum absolute atomic E-state index is 0.0193. The number of hydrogen-bond donors (Lipinski definition) is 0. The van der Waals surface area contributed by atoms with E-state index >= 15 is 0 Å². The van der Waals surface area contributed by atoms with Gasteiger partial charge in [0, 0.05) is 32.0 Å². The maximum atomic E-state index is 13.0. The Hall–Kier alpha value is -3.53. The molecule has 3 aromatic rings. The van der Waals surface area contributed by atoms with Crippen molar-refractivity contribution >= 4 is 10.9 Å². The molecule has 2 heterocycles. The van der Waals surface area contributed by atoms with E-state index in [0.29, 0.717) is 42.0 Å². The average molecular weight is 390 g/mol. The topological polar surface area (TPSA) is 80.4 Å². The molecule has 1 aliphatic heterocycles. The highest BCUT2D eigenvalue weighted by atomic mass is 16.5. The smallest absolute Gasteiger partial charge is 0.261 e. The number of likely N-dealkylation sites (tertiary alicyclic amines) is 1. The molecule has 29 heavy (non-hydrogen) atoms. The Labute approximate surface area is 168 Å². The molecule has 0 bridgehead atoms. The van der Waals surface area contributed by atoms with Crippen molar-refractivity contribution in [2.75, 3.05) is 20.2 Å². The SMILES string of the molecule is COc1cc2ncn(Cc3ccccc3)c(=O)c2cc1OC1CCN(C#N)CC1. The minimum Gasteiger partial charge on any atom is -0.493 e. The average Bonchev–Trinajstić information content (AvgIpc) is 2.77. The van der Waals surface area contributed by atoms with Crippen molar-refractivity contribution < 1.29 is 9.47 Å². The summed E-state index contributed by atoms with van der Waals surface area (Å²) >= 11 is 0. The lowest BCUT2D eigenvalue weighted by atomic mass is 10.1. The maximum Gasteiger partial charge on any atom is 0.261 e. The third-order valence-electron chi connectivity index (χ3n) is 5.18. The number of methoxy groups -OCH3 is 1. The van der Waals surface area contributed by atoms with Crippen LogP contribution in [0.5, 0.6) is 11.5 Å². The van der Waals surface area contributed by atoms with E-state index in [-0.39, 0.29) is 11.7 Å². The van der Waals surface area contributed by atoms with Crippen LogP contribution in [0, 0.1) is 11.5 Å². The van der Waals surface area contributed by atoms with Gasteiger partial charge in [0.25, 0.3) is 5.56 Å². The molecule has 0 amide bonds. The first kappa shape index (κ1) is 18.8. The minimum atomic E-state index is -0.120. The van der Waals surface area contributed by atoms with Gasteiger partial charge in [-0.25, -0.2) is 4.98 Å². The largest absolute Gasteiger partial charge is 0.493 e. The first-order valence-electron chi connectivity index (χ1n) is 9.60. The Morgan fingerprint density at radius 1 is 1.17 bits per heavy atom. The van der Waals surface area contributed by atoms with Gasteiger partial charge in [-0.3, -0.25) is 9.36 Å². The monoisotopic (exact) mass is 390 g/mol. The molecule has 2 aromatic carbocycles. The zero-order valence-corrected chi connectivity index (χ0v) is 16.2. The summed E-state index contributed by atoms with van der Waals surface area (Å²) in [6.45, 7) is 1.79. The molecule has 0 saturated carbocycles. The lowest BCUT2D eigenvalue weighted by molar-refractivity contribution is 0.123. The number of rotatable bonds is 5. The summed E-state index contributed by atoms with van der Waals surface area (Å²) < 4.78 is 13.2. The van der Waals surface area contributed by atoms with Crippen LogP contribution in [0.2, 0.25) is 0 Å². The molecule has 1 aromatic heterocycles. The van der Waals surface area contributed by atoms with Crippen LogP contribution in [0.1, 0.15) is 18.4 Å². The van der Waals surface area contributed by atoms with E-state index in [1.165, 1.54) is 0 Å². The molecule has 4 rings (SSSR count). The van der Waals surface area contributed by atoms with E-state index in [2.05, 4.69) is 11.2 Å². The van der Waals surface area contributed by atoms with E-state index in [0.717, 1.165) is 18.4 Å². The summed E-state index contributed by atoms with van der Waals surface area (Å²) in [5.74, 6) is 1.08. The number of fused-ring (bicyclic) bond motifs is 1. The highest BCUT2D eigenvalue weighted by Crippen LogP contribution is 2.32. The second-order valence-corrected chi connectivity index (χ2v) is 7.09. The van der Waals surface area contributed by atoms with Crippen LogP contribution in [-0.2, 0) is 6.54 Å². The van der Waals surface area contributed by atoms with Crippen molar-refractivity contribution in [1.82, 2.24) is 14.5 Å². The fourth-order valence-corrected chi connectivity index (χ4v) is 3.56. The maximum absolute atomic E-state index is 13.0. The summed E-state index contributed by atoms with van der Waals surface area (Å²) in [6, 6.07) is 13.3. The number of piperidine rings is 1. The van der Waals surface area contributed by atoms with Gasteiger partial charge in [-0.05, 0) is 11.6 Å². The van der Waals surface area contributed by atoms with Crippen LogP contribution in [0.15, 0.2) is 53.6 Å². The Balaban J connectivity index is 1.65. The van der Waals surface area contributed by atoms with Crippen molar-refractivity contribution in [3.63, 3.8) is 0 Å². The molecule has 0 spiro atoms. The number of ether oxygens (including phenoxy) is 2. The Morgan fingerprint density at radius 2 is 1.93 bits per heavy atom. The van der Waals surface area contributed by atoms with E-state index in [1.54, 1.807) is 35.0 Å². The third kappa shape index (κ3) is 4.02. The van der Waals surface area contributed by atoms with Crippen molar-refractivity contribution in [3.05, 3.63) is 64.7 Å². The lowest BCUT2D eigenvalue weighted by Gasteiger charge is -2.29. The van der Waals surface area contributed by atoms with Gasteiger partial charge in [-0.15, -0.1) is 0 Å². The second kappa shape index (κ2) is 8.23. The molecular weight excluding hydrogens is 368 g/mol. The summed E-state index contributed by atoms with van der Waals surface area (Å²) in [5.41, 5.74) is 1.48. The first-order valence-corrected chi connectivity index (χ1v) is 9.60. The molecule has 1 aliphatic rings. The van der Waals surface area contributed by atoms with Gasteiger partial charge in [-0.1, -0.05) is 30.3 Å². The number of nitrogens with zero attached hydrogens (tertiary/aromatic N) is 4. The van der Waals surface area contributed by atoms with Crippen LogP contribution in [0.4, 0.5) is 0 Å². The van der Waals surface area contributed by atoms with E-state index < -0.39 is 0 Å². The fraction of sp³-hybridized carbons (Fsp3) is 0.318. The summed E-state index contributed by atoms with van der Waals surface area (Å²) in [5, 5.41) is 9.50. The first-order chi connectivity index (χ1) is 14.2. The summed E-state index contributed by atoms with van der Waals surface area (Å²) in [4.78, 5) is 19.2. The van der Waals surface area contributed by atoms with E-state index in [1.807, 2.05) is 30.3 Å². The van der Waals surface area contributed by atoms with Crippen LogP contribution >= 0.6 is 0 Å². The molecular formula is C22H22N4O3. The predicted octanol–water partition coefficient (Wildman–Crippen LogP) is 2.78. The Bertz CT molecular complexity index is 1100. The molecule has 0 atom stereocenters. The van der Waals surface area contributed by atoms with Crippen molar-refractivity contribution in [1.29, 1.82) is 5.26 Å². The standard InChI is InChI=1S/C22H22N4O3/c1-28-20-12-19-18(11-21(20)29-17-7-9-25(14-23)10-8-17)22(27)26(15-24-19)13-16-5-3-2-4-6-16/h2-6,11-12,15,17H,7-10,13H2,1H3. The molecule has 0 radical (unpaired) electrons. The Morgan fingerprint density at radius 3 is 2.62 bits per heavy atom. The third-order valence-corrected chi connectivity index (χ3v) is 5.18. The fourth-order valence-electron chi connectivity index (χ4n) is 3.56. The lowest BCUT2D eigenvalue weighted by Crippen LogP contribution is -2.35. The molecule has 0 aliphatic carbocycles. The van der Waals surface area contributed by atoms with E-state index in [9.17, 15) is 4.79 Å². The van der Waals surface area contributed by atoms with Crippen LogP contribution in [0.25, 0.3) is 10.9 Å². The summed E-state index contributed by atoms with van der Waals surface area (Å²) in [7, 11) is 1.57. The molecule has 7 nitrogen and oxygen atoms in total. The van der Waals surface area contributed by atoms with E-state index in [4.69, 9.17) is 14.7 Å². The summed E-state index contributed by atoms with van der Waals surface area (Å²) in [6.07, 6.45) is 5.21. The molecule has 1 fully saturated rings.